The minimum Gasteiger partial charge on any atom is -0.319 e. The third-order valence-electron chi connectivity index (χ3n) is 3.40. The summed E-state index contributed by atoms with van der Waals surface area (Å²) in [5.74, 6) is 0.909. The molecule has 1 atom stereocenters. The molecule has 0 radical (unpaired) electrons. The second kappa shape index (κ2) is 4.22. The van der Waals surface area contributed by atoms with Crippen molar-refractivity contribution in [1.82, 2.24) is 10.3 Å². The monoisotopic (exact) mass is 224 g/mol. The molecule has 1 fully saturated rings. The van der Waals surface area contributed by atoms with Gasteiger partial charge in [0.15, 0.2) is 0 Å². The summed E-state index contributed by atoms with van der Waals surface area (Å²) in [4.78, 5) is 4.58. The third kappa shape index (κ3) is 2.58. The lowest BCUT2D eigenvalue weighted by atomic mass is 9.80. The van der Waals surface area contributed by atoms with Gasteiger partial charge in [0.25, 0.3) is 0 Å². The predicted octanol–water partition coefficient (Wildman–Crippen LogP) is 2.63. The van der Waals surface area contributed by atoms with Gasteiger partial charge in [-0.25, -0.2) is 4.98 Å². The largest absolute Gasteiger partial charge is 0.319 e. The molecule has 0 saturated heterocycles. The number of nitrogens with zero attached hydrogens (tertiary/aromatic N) is 1. The summed E-state index contributed by atoms with van der Waals surface area (Å²) < 4.78 is 0. The van der Waals surface area contributed by atoms with Gasteiger partial charge in [-0.15, -0.1) is 11.3 Å². The second-order valence-electron chi connectivity index (χ2n) is 4.99. The normalized spacial score (nSPS) is 20.2. The molecular weight excluding hydrogens is 204 g/mol. The Bertz CT molecular complexity index is 330. The van der Waals surface area contributed by atoms with Crippen molar-refractivity contribution in [2.45, 2.75) is 33.1 Å². The summed E-state index contributed by atoms with van der Waals surface area (Å²) in [6, 6.07) is 0. The van der Waals surface area contributed by atoms with Crippen LogP contribution in [-0.4, -0.2) is 18.6 Å². The first-order valence-electron chi connectivity index (χ1n) is 5.70. The van der Waals surface area contributed by atoms with Crippen LogP contribution in [0.5, 0.6) is 0 Å². The lowest BCUT2D eigenvalue weighted by Crippen LogP contribution is -2.34. The van der Waals surface area contributed by atoms with E-state index in [1.807, 2.05) is 7.05 Å². The van der Waals surface area contributed by atoms with Crippen LogP contribution < -0.4 is 5.32 Å². The molecule has 1 saturated carbocycles. The van der Waals surface area contributed by atoms with E-state index in [2.05, 4.69) is 29.5 Å². The molecule has 2 rings (SSSR count). The number of hydrogen-bond donors (Lipinski definition) is 1. The van der Waals surface area contributed by atoms with Crippen molar-refractivity contribution in [1.29, 1.82) is 0 Å². The Kier molecular flexibility index (Phi) is 3.12. The molecule has 1 N–H and O–H groups in total. The van der Waals surface area contributed by atoms with E-state index < -0.39 is 0 Å². The molecule has 0 bridgehead atoms. The van der Waals surface area contributed by atoms with Crippen LogP contribution in [-0.2, 0) is 6.42 Å². The molecule has 3 heteroatoms. The van der Waals surface area contributed by atoms with Crippen LogP contribution in [0.2, 0.25) is 0 Å². The highest BCUT2D eigenvalue weighted by Crippen LogP contribution is 2.46. The first kappa shape index (κ1) is 11.1. The predicted molar refractivity (Wildman–Crippen MR) is 65.3 cm³/mol. The van der Waals surface area contributed by atoms with E-state index in [-0.39, 0.29) is 0 Å². The van der Waals surface area contributed by atoms with Crippen LogP contribution in [0.3, 0.4) is 0 Å². The van der Waals surface area contributed by atoms with Gasteiger partial charge in [-0.1, -0.05) is 6.92 Å². The van der Waals surface area contributed by atoms with Crippen LogP contribution in [0.15, 0.2) is 5.38 Å². The van der Waals surface area contributed by atoms with Gasteiger partial charge in [0.2, 0.25) is 0 Å². The zero-order valence-corrected chi connectivity index (χ0v) is 10.7. The summed E-state index contributed by atoms with van der Waals surface area (Å²) in [5, 5.41) is 6.73. The standard InChI is InChI=1S/C12H20N2S/c1-9-14-11(7-15-9)6-12(2,8-13-3)10-4-5-10/h7,10,13H,4-6,8H2,1-3H3. The summed E-state index contributed by atoms with van der Waals surface area (Å²) in [5.41, 5.74) is 1.69. The molecule has 2 nitrogen and oxygen atoms in total. The Hall–Kier alpha value is -0.410. The molecule has 15 heavy (non-hydrogen) atoms. The van der Waals surface area contributed by atoms with Crippen LogP contribution in [0.4, 0.5) is 0 Å². The fourth-order valence-corrected chi connectivity index (χ4v) is 3.05. The van der Waals surface area contributed by atoms with Gasteiger partial charge >= 0.3 is 0 Å². The van der Waals surface area contributed by atoms with E-state index in [1.165, 1.54) is 23.5 Å². The van der Waals surface area contributed by atoms with Crippen molar-refractivity contribution < 1.29 is 0 Å². The number of aromatic nitrogens is 1. The minimum atomic E-state index is 0.412. The maximum Gasteiger partial charge on any atom is 0.0897 e. The van der Waals surface area contributed by atoms with Crippen molar-refractivity contribution in [2.75, 3.05) is 13.6 Å². The molecule has 1 unspecified atom stereocenters. The summed E-state index contributed by atoms with van der Waals surface area (Å²) in [7, 11) is 2.05. The van der Waals surface area contributed by atoms with Crippen molar-refractivity contribution in [3.63, 3.8) is 0 Å². The highest BCUT2D eigenvalue weighted by Gasteiger charge is 2.41. The van der Waals surface area contributed by atoms with Crippen LogP contribution >= 0.6 is 11.3 Å². The number of rotatable bonds is 5. The van der Waals surface area contributed by atoms with E-state index in [0.717, 1.165) is 18.9 Å². The van der Waals surface area contributed by atoms with Gasteiger partial charge in [-0.2, -0.15) is 0 Å². The van der Waals surface area contributed by atoms with Gasteiger partial charge < -0.3 is 5.32 Å². The summed E-state index contributed by atoms with van der Waals surface area (Å²) in [6.07, 6.45) is 3.94. The fourth-order valence-electron chi connectivity index (χ4n) is 2.44. The first-order chi connectivity index (χ1) is 7.14. The molecule has 0 aliphatic heterocycles. The molecule has 0 amide bonds. The number of thiazole rings is 1. The average molecular weight is 224 g/mol. The minimum absolute atomic E-state index is 0.412. The Labute approximate surface area is 96.1 Å². The molecule has 84 valence electrons. The van der Waals surface area contributed by atoms with E-state index in [1.54, 1.807) is 11.3 Å². The fraction of sp³-hybridized carbons (Fsp3) is 0.750. The van der Waals surface area contributed by atoms with Crippen LogP contribution in [0, 0.1) is 18.3 Å². The second-order valence-corrected chi connectivity index (χ2v) is 6.06. The maximum absolute atomic E-state index is 4.58. The van der Waals surface area contributed by atoms with Gasteiger partial charge in [0.1, 0.15) is 0 Å². The molecule has 0 spiro atoms. The first-order valence-corrected chi connectivity index (χ1v) is 6.57. The van der Waals surface area contributed by atoms with Crippen LogP contribution in [0.1, 0.15) is 30.5 Å². The lowest BCUT2D eigenvalue weighted by Gasteiger charge is -2.28. The molecular formula is C12H20N2S. The molecule has 0 aromatic carbocycles. The van der Waals surface area contributed by atoms with Crippen molar-refractivity contribution in [3.05, 3.63) is 16.1 Å². The molecule has 1 aliphatic carbocycles. The van der Waals surface area contributed by atoms with Gasteiger partial charge in [-0.3, -0.25) is 0 Å². The van der Waals surface area contributed by atoms with E-state index in [0.29, 0.717) is 5.41 Å². The average Bonchev–Trinajstić information content (AvgIpc) is 2.93. The molecule has 1 aromatic rings. The SMILES string of the molecule is CNCC(C)(Cc1csc(C)n1)C1CC1. The highest BCUT2D eigenvalue weighted by molar-refractivity contribution is 7.09. The maximum atomic E-state index is 4.58. The van der Waals surface area contributed by atoms with Crippen molar-refractivity contribution >= 4 is 11.3 Å². The van der Waals surface area contributed by atoms with E-state index in [4.69, 9.17) is 0 Å². The summed E-state index contributed by atoms with van der Waals surface area (Å²) >= 11 is 1.76. The smallest absolute Gasteiger partial charge is 0.0897 e. The van der Waals surface area contributed by atoms with Gasteiger partial charge in [0, 0.05) is 11.9 Å². The zero-order valence-electron chi connectivity index (χ0n) is 9.84. The highest BCUT2D eigenvalue weighted by atomic mass is 32.1. The topological polar surface area (TPSA) is 24.9 Å². The van der Waals surface area contributed by atoms with E-state index in [9.17, 15) is 0 Å². The van der Waals surface area contributed by atoms with Gasteiger partial charge in [0.05, 0.1) is 10.7 Å². The van der Waals surface area contributed by atoms with Crippen molar-refractivity contribution in [2.24, 2.45) is 11.3 Å². The van der Waals surface area contributed by atoms with Crippen molar-refractivity contribution in [3.8, 4) is 0 Å². The van der Waals surface area contributed by atoms with E-state index >= 15 is 0 Å². The zero-order chi connectivity index (χ0) is 10.9. The number of hydrogen-bond acceptors (Lipinski definition) is 3. The number of nitrogens with one attached hydrogen (secondary N) is 1. The quantitative estimate of drug-likeness (QED) is 0.831. The van der Waals surface area contributed by atoms with Crippen LogP contribution in [0.25, 0.3) is 0 Å². The van der Waals surface area contributed by atoms with Gasteiger partial charge in [-0.05, 0) is 44.6 Å². The lowest BCUT2D eigenvalue weighted by molar-refractivity contribution is 0.260. The molecule has 1 aromatic heterocycles. The number of aryl methyl sites for hydroxylation is 1. The Morgan fingerprint density at radius 2 is 2.33 bits per heavy atom. The molecule has 1 heterocycles. The molecule has 1 aliphatic rings. The Balaban J connectivity index is 2.06. The third-order valence-corrected chi connectivity index (χ3v) is 4.22. The summed E-state index contributed by atoms with van der Waals surface area (Å²) in [6.45, 7) is 5.59. The Morgan fingerprint density at radius 1 is 1.60 bits per heavy atom. The Morgan fingerprint density at radius 3 is 2.80 bits per heavy atom.